The first-order valence-electron chi connectivity index (χ1n) is 9.40. The molecular formula is C21H22ClFN4O2S. The highest BCUT2D eigenvalue weighted by Gasteiger charge is 2.22. The Bertz CT molecular complexity index is 1010. The molecule has 1 amide bonds. The van der Waals surface area contributed by atoms with Gasteiger partial charge in [-0.15, -0.1) is 10.2 Å². The highest BCUT2D eigenvalue weighted by molar-refractivity contribution is 8.00. The lowest BCUT2D eigenvalue weighted by atomic mass is 10.2. The van der Waals surface area contributed by atoms with Crippen LogP contribution in [0.5, 0.6) is 0 Å². The molecule has 3 rings (SSSR count). The van der Waals surface area contributed by atoms with Gasteiger partial charge in [0.1, 0.15) is 5.82 Å². The molecule has 158 valence electrons. The first kappa shape index (κ1) is 22.3. The minimum Gasteiger partial charge on any atom is -0.385 e. The summed E-state index contributed by atoms with van der Waals surface area (Å²) in [5.74, 6) is -0.177. The predicted molar refractivity (Wildman–Crippen MR) is 117 cm³/mol. The SMILES string of the molecule is COCCCn1c(SC(C)C(=O)Nc2ccccc2F)nnc1-c1ccccc1Cl. The Morgan fingerprint density at radius 1 is 1.23 bits per heavy atom. The van der Waals surface area contributed by atoms with E-state index >= 15 is 0 Å². The van der Waals surface area contributed by atoms with E-state index in [0.717, 1.165) is 12.0 Å². The summed E-state index contributed by atoms with van der Waals surface area (Å²) in [4.78, 5) is 12.6. The maximum Gasteiger partial charge on any atom is 0.237 e. The van der Waals surface area contributed by atoms with Crippen molar-refractivity contribution in [1.29, 1.82) is 0 Å². The van der Waals surface area contributed by atoms with Crippen molar-refractivity contribution in [3.8, 4) is 11.4 Å². The van der Waals surface area contributed by atoms with Gasteiger partial charge in [0.15, 0.2) is 11.0 Å². The molecule has 0 bridgehead atoms. The monoisotopic (exact) mass is 448 g/mol. The van der Waals surface area contributed by atoms with Crippen LogP contribution in [0.4, 0.5) is 10.1 Å². The second-order valence-corrected chi connectivity index (χ2v) is 8.23. The third kappa shape index (κ3) is 5.38. The lowest BCUT2D eigenvalue weighted by molar-refractivity contribution is -0.115. The number of halogens is 2. The zero-order valence-corrected chi connectivity index (χ0v) is 18.2. The van der Waals surface area contributed by atoms with E-state index in [0.29, 0.717) is 29.2 Å². The van der Waals surface area contributed by atoms with E-state index in [4.69, 9.17) is 16.3 Å². The van der Waals surface area contributed by atoms with Gasteiger partial charge in [0.2, 0.25) is 5.91 Å². The molecule has 0 radical (unpaired) electrons. The van der Waals surface area contributed by atoms with Crippen LogP contribution >= 0.6 is 23.4 Å². The molecule has 6 nitrogen and oxygen atoms in total. The second-order valence-electron chi connectivity index (χ2n) is 6.51. The van der Waals surface area contributed by atoms with Gasteiger partial charge in [-0.2, -0.15) is 0 Å². The molecule has 30 heavy (non-hydrogen) atoms. The van der Waals surface area contributed by atoms with Crippen molar-refractivity contribution >= 4 is 35.0 Å². The van der Waals surface area contributed by atoms with Gasteiger partial charge >= 0.3 is 0 Å². The molecule has 1 unspecified atom stereocenters. The smallest absolute Gasteiger partial charge is 0.237 e. The molecule has 0 saturated heterocycles. The molecule has 1 atom stereocenters. The molecule has 3 aromatic rings. The van der Waals surface area contributed by atoms with Crippen LogP contribution in [0.25, 0.3) is 11.4 Å². The standard InChI is InChI=1S/C21H22ClFN4O2S/c1-14(20(28)24-18-11-6-5-10-17(18)23)30-21-26-25-19(27(21)12-7-13-29-2)15-8-3-4-9-16(15)22/h3-6,8-11,14H,7,12-13H2,1-2H3,(H,24,28). The number of carbonyl (C=O) groups excluding carboxylic acids is 1. The summed E-state index contributed by atoms with van der Waals surface area (Å²) in [6.07, 6.45) is 0.745. The molecule has 2 aromatic carbocycles. The van der Waals surface area contributed by atoms with Crippen molar-refractivity contribution in [2.75, 3.05) is 19.0 Å². The maximum absolute atomic E-state index is 13.8. The third-order valence-electron chi connectivity index (χ3n) is 4.34. The van der Waals surface area contributed by atoms with Crippen molar-refractivity contribution in [2.24, 2.45) is 0 Å². The number of nitrogens with one attached hydrogen (secondary N) is 1. The molecule has 0 spiro atoms. The number of anilines is 1. The van der Waals surface area contributed by atoms with E-state index in [1.807, 2.05) is 22.8 Å². The maximum atomic E-state index is 13.8. The fourth-order valence-corrected chi connectivity index (χ4v) is 3.89. The summed E-state index contributed by atoms with van der Waals surface area (Å²) in [5, 5.41) is 11.8. The lowest BCUT2D eigenvalue weighted by Crippen LogP contribution is -2.23. The number of hydrogen-bond acceptors (Lipinski definition) is 5. The number of methoxy groups -OCH3 is 1. The van der Waals surface area contributed by atoms with Crippen LogP contribution in [0.2, 0.25) is 5.02 Å². The van der Waals surface area contributed by atoms with E-state index in [1.165, 1.54) is 23.9 Å². The van der Waals surface area contributed by atoms with Crippen LogP contribution in [0.15, 0.2) is 53.7 Å². The van der Waals surface area contributed by atoms with Gasteiger partial charge in [0, 0.05) is 25.8 Å². The largest absolute Gasteiger partial charge is 0.385 e. The molecular weight excluding hydrogens is 427 g/mol. The molecule has 0 aliphatic rings. The van der Waals surface area contributed by atoms with Crippen LogP contribution in [0, 0.1) is 5.82 Å². The van der Waals surface area contributed by atoms with Gasteiger partial charge < -0.3 is 14.6 Å². The number of benzene rings is 2. The molecule has 1 heterocycles. The molecule has 0 saturated carbocycles. The van der Waals surface area contributed by atoms with Crippen molar-refractivity contribution in [2.45, 2.75) is 30.3 Å². The number of nitrogens with zero attached hydrogens (tertiary/aromatic N) is 3. The van der Waals surface area contributed by atoms with Crippen LogP contribution in [0.3, 0.4) is 0 Å². The van der Waals surface area contributed by atoms with Crippen LogP contribution in [0.1, 0.15) is 13.3 Å². The normalized spacial score (nSPS) is 12.0. The summed E-state index contributed by atoms with van der Waals surface area (Å²) >= 11 is 7.60. The van der Waals surface area contributed by atoms with E-state index < -0.39 is 11.1 Å². The highest BCUT2D eigenvalue weighted by Crippen LogP contribution is 2.31. The number of thioether (sulfide) groups is 1. The second kappa shape index (κ2) is 10.6. The third-order valence-corrected chi connectivity index (χ3v) is 5.75. The Morgan fingerprint density at radius 3 is 2.70 bits per heavy atom. The summed E-state index contributed by atoms with van der Waals surface area (Å²) in [6, 6.07) is 13.5. The van der Waals surface area contributed by atoms with E-state index in [-0.39, 0.29) is 11.6 Å². The van der Waals surface area contributed by atoms with Crippen molar-refractivity contribution in [3.63, 3.8) is 0 Å². The van der Waals surface area contributed by atoms with E-state index in [2.05, 4.69) is 15.5 Å². The van der Waals surface area contributed by atoms with Gasteiger partial charge in [-0.05, 0) is 37.6 Å². The number of hydrogen-bond donors (Lipinski definition) is 1. The molecule has 0 aliphatic carbocycles. The van der Waals surface area contributed by atoms with E-state index in [1.54, 1.807) is 32.2 Å². The van der Waals surface area contributed by atoms with Crippen molar-refractivity contribution < 1.29 is 13.9 Å². The van der Waals surface area contributed by atoms with Gasteiger partial charge in [0.05, 0.1) is 16.0 Å². The highest BCUT2D eigenvalue weighted by atomic mass is 35.5. The zero-order chi connectivity index (χ0) is 21.5. The fourth-order valence-electron chi connectivity index (χ4n) is 2.79. The lowest BCUT2D eigenvalue weighted by Gasteiger charge is -2.14. The Labute approximate surface area is 183 Å². The predicted octanol–water partition coefficient (Wildman–Crippen LogP) is 4.89. The van der Waals surface area contributed by atoms with Gasteiger partial charge in [-0.3, -0.25) is 4.79 Å². The Kier molecular flexibility index (Phi) is 7.84. The minimum absolute atomic E-state index is 0.147. The number of para-hydroxylation sites is 1. The van der Waals surface area contributed by atoms with Crippen LogP contribution < -0.4 is 5.32 Å². The Balaban J connectivity index is 1.81. The quantitative estimate of drug-likeness (QED) is 0.372. The molecule has 1 N–H and O–H groups in total. The first-order valence-corrected chi connectivity index (χ1v) is 10.7. The van der Waals surface area contributed by atoms with Crippen LogP contribution in [-0.2, 0) is 16.1 Å². The molecule has 9 heteroatoms. The number of amides is 1. The average Bonchev–Trinajstić information content (AvgIpc) is 3.12. The van der Waals surface area contributed by atoms with Crippen molar-refractivity contribution in [3.05, 3.63) is 59.4 Å². The summed E-state index contributed by atoms with van der Waals surface area (Å²) in [7, 11) is 1.64. The molecule has 0 aliphatic heterocycles. The molecule has 1 aromatic heterocycles. The average molecular weight is 449 g/mol. The minimum atomic E-state index is -0.519. The Morgan fingerprint density at radius 2 is 1.97 bits per heavy atom. The summed E-state index contributed by atoms with van der Waals surface area (Å²) < 4.78 is 20.9. The summed E-state index contributed by atoms with van der Waals surface area (Å²) in [5.41, 5.74) is 0.910. The first-order chi connectivity index (χ1) is 14.5. The van der Waals surface area contributed by atoms with E-state index in [9.17, 15) is 9.18 Å². The topological polar surface area (TPSA) is 69.0 Å². The van der Waals surface area contributed by atoms with Crippen LogP contribution in [-0.4, -0.2) is 39.6 Å². The van der Waals surface area contributed by atoms with Gasteiger partial charge in [-0.1, -0.05) is 47.6 Å². The van der Waals surface area contributed by atoms with Gasteiger partial charge in [-0.25, -0.2) is 4.39 Å². The number of carbonyl (C=O) groups is 1. The summed E-state index contributed by atoms with van der Waals surface area (Å²) in [6.45, 7) is 2.92. The van der Waals surface area contributed by atoms with Gasteiger partial charge in [0.25, 0.3) is 0 Å². The number of rotatable bonds is 9. The fraction of sp³-hybridized carbons (Fsp3) is 0.286. The number of ether oxygens (including phenoxy) is 1. The molecule has 0 fully saturated rings. The van der Waals surface area contributed by atoms with Crippen molar-refractivity contribution in [1.82, 2.24) is 14.8 Å². The number of aromatic nitrogens is 3. The Hall–Kier alpha value is -2.42. The zero-order valence-electron chi connectivity index (χ0n) is 16.6.